The van der Waals surface area contributed by atoms with Crippen LogP contribution in [0.2, 0.25) is 0 Å². The topological polar surface area (TPSA) is 0 Å². The van der Waals surface area contributed by atoms with Gasteiger partial charge in [-0.1, -0.05) is 64.5 Å². The highest BCUT2D eigenvalue weighted by molar-refractivity contribution is 9.10. The van der Waals surface area contributed by atoms with E-state index < -0.39 is 0 Å². The summed E-state index contributed by atoms with van der Waals surface area (Å²) in [6, 6.07) is 18.7. The van der Waals surface area contributed by atoms with E-state index in [-0.39, 0.29) is 0 Å². The van der Waals surface area contributed by atoms with Crippen LogP contribution in [-0.4, -0.2) is 0 Å². The van der Waals surface area contributed by atoms with E-state index in [0.717, 1.165) is 36.8 Å². The fourth-order valence-corrected chi connectivity index (χ4v) is 3.12. The molecule has 0 atom stereocenters. The third kappa shape index (κ3) is 1.66. The van der Waals surface area contributed by atoms with Crippen LogP contribution in [0.5, 0.6) is 0 Å². The van der Waals surface area contributed by atoms with Crippen LogP contribution in [0.1, 0.15) is 2.74 Å². The smallest absolute Gasteiger partial charge is 0.0616 e. The van der Waals surface area contributed by atoms with Gasteiger partial charge >= 0.3 is 0 Å². The standard InChI is InChI=1S/C18H11Br/c19-18-11-14-9-12-5-1-2-6-13(12)10-17(14)15-7-3-4-8-16(15)18/h1-11H/i9D,10D. The molecule has 0 radical (unpaired) electrons. The molecule has 0 aliphatic carbocycles. The maximum atomic E-state index is 8.58. The summed E-state index contributed by atoms with van der Waals surface area (Å²) in [5.74, 6) is 0. The minimum Gasteiger partial charge on any atom is -0.0616 e. The zero-order valence-electron chi connectivity index (χ0n) is 12.1. The molecule has 4 rings (SSSR count). The predicted octanol–water partition coefficient (Wildman–Crippen LogP) is 5.91. The monoisotopic (exact) mass is 308 g/mol. The van der Waals surface area contributed by atoms with Gasteiger partial charge in [0.25, 0.3) is 0 Å². The Balaban J connectivity index is 2.40. The van der Waals surface area contributed by atoms with Gasteiger partial charge in [0.1, 0.15) is 0 Å². The summed E-state index contributed by atoms with van der Waals surface area (Å²) in [7, 11) is 0. The van der Waals surface area contributed by atoms with Gasteiger partial charge in [0.2, 0.25) is 0 Å². The first kappa shape index (κ1) is 9.11. The Bertz CT molecular complexity index is 1020. The Labute approximate surface area is 122 Å². The van der Waals surface area contributed by atoms with Crippen LogP contribution >= 0.6 is 15.9 Å². The molecular formula is C18H11Br. The second-order valence-corrected chi connectivity index (χ2v) is 5.48. The van der Waals surface area contributed by atoms with E-state index in [0.29, 0.717) is 12.1 Å². The molecule has 0 aliphatic heterocycles. The number of rotatable bonds is 0. The van der Waals surface area contributed by atoms with Gasteiger partial charge in [-0.15, -0.1) is 0 Å². The zero-order chi connectivity index (χ0) is 14.6. The molecule has 0 N–H and O–H groups in total. The van der Waals surface area contributed by atoms with Crippen LogP contribution in [0.25, 0.3) is 32.3 Å². The van der Waals surface area contributed by atoms with Crippen LogP contribution < -0.4 is 0 Å². The average molecular weight is 309 g/mol. The average Bonchev–Trinajstić information content (AvgIpc) is 2.53. The Hall–Kier alpha value is -1.86. The highest BCUT2D eigenvalue weighted by Gasteiger charge is 2.05. The highest BCUT2D eigenvalue weighted by atomic mass is 79.9. The van der Waals surface area contributed by atoms with E-state index in [1.54, 1.807) is 0 Å². The first-order valence-corrected chi connectivity index (χ1v) is 6.96. The molecule has 0 amide bonds. The third-order valence-corrected chi connectivity index (χ3v) is 4.11. The Morgan fingerprint density at radius 2 is 1.32 bits per heavy atom. The molecule has 4 aromatic carbocycles. The molecule has 0 unspecified atom stereocenters. The lowest BCUT2D eigenvalue weighted by Crippen LogP contribution is -1.81. The molecule has 0 bridgehead atoms. The molecule has 0 spiro atoms. The normalized spacial score (nSPS) is 12.9. The van der Waals surface area contributed by atoms with Gasteiger partial charge in [-0.05, 0) is 50.5 Å². The maximum Gasteiger partial charge on any atom is 0.0636 e. The quantitative estimate of drug-likeness (QED) is 0.280. The molecule has 0 nitrogen and oxygen atoms in total. The van der Waals surface area contributed by atoms with Crippen molar-refractivity contribution in [1.82, 2.24) is 0 Å². The molecule has 4 aromatic rings. The predicted molar refractivity (Wildman–Crippen MR) is 86.7 cm³/mol. The van der Waals surface area contributed by atoms with E-state index in [1.807, 2.05) is 54.6 Å². The van der Waals surface area contributed by atoms with Crippen molar-refractivity contribution in [3.05, 3.63) is 71.2 Å². The van der Waals surface area contributed by atoms with Gasteiger partial charge < -0.3 is 0 Å². The fraction of sp³-hybridized carbons (Fsp3) is 0. The van der Waals surface area contributed by atoms with Gasteiger partial charge in [-0.25, -0.2) is 0 Å². The molecule has 0 fully saturated rings. The first-order valence-electron chi connectivity index (χ1n) is 7.17. The Morgan fingerprint density at radius 1 is 0.684 bits per heavy atom. The van der Waals surface area contributed by atoms with Crippen molar-refractivity contribution in [2.75, 3.05) is 0 Å². The van der Waals surface area contributed by atoms with E-state index in [4.69, 9.17) is 2.74 Å². The van der Waals surface area contributed by atoms with Gasteiger partial charge in [-0.3, -0.25) is 0 Å². The molecule has 0 heterocycles. The van der Waals surface area contributed by atoms with Crippen LogP contribution in [0, 0.1) is 0 Å². The Kier molecular flexibility index (Phi) is 1.95. The lowest BCUT2D eigenvalue weighted by atomic mass is 9.98. The van der Waals surface area contributed by atoms with Gasteiger partial charge in [0.05, 0.1) is 2.74 Å². The van der Waals surface area contributed by atoms with Crippen molar-refractivity contribution in [2.45, 2.75) is 0 Å². The SMILES string of the molecule is [2H]c1c2ccccc2c([2H])c2c1cc(Br)c1ccccc12. The van der Waals surface area contributed by atoms with E-state index in [9.17, 15) is 0 Å². The van der Waals surface area contributed by atoms with Crippen LogP contribution in [0.4, 0.5) is 0 Å². The lowest BCUT2D eigenvalue weighted by molar-refractivity contribution is 1.75. The second kappa shape index (κ2) is 4.07. The van der Waals surface area contributed by atoms with Gasteiger partial charge in [0.15, 0.2) is 0 Å². The third-order valence-electron chi connectivity index (χ3n) is 3.45. The molecule has 0 aliphatic rings. The van der Waals surface area contributed by atoms with Gasteiger partial charge in [0, 0.05) is 4.47 Å². The summed E-state index contributed by atoms with van der Waals surface area (Å²) in [6.07, 6.45) is 0. The summed E-state index contributed by atoms with van der Waals surface area (Å²) in [5, 5.41) is 5.45. The summed E-state index contributed by atoms with van der Waals surface area (Å²) >= 11 is 3.60. The first-order chi connectivity index (χ1) is 10.2. The summed E-state index contributed by atoms with van der Waals surface area (Å²) in [5.41, 5.74) is 0. The van der Waals surface area contributed by atoms with E-state index >= 15 is 0 Å². The highest BCUT2D eigenvalue weighted by Crippen LogP contribution is 2.34. The van der Waals surface area contributed by atoms with Crippen LogP contribution in [-0.2, 0) is 0 Å². The van der Waals surface area contributed by atoms with Crippen LogP contribution in [0.15, 0.2) is 71.2 Å². The number of halogens is 1. The maximum absolute atomic E-state index is 8.58. The minimum absolute atomic E-state index is 0.489. The zero-order valence-corrected chi connectivity index (χ0v) is 11.7. The number of hydrogen-bond acceptors (Lipinski definition) is 0. The van der Waals surface area contributed by atoms with Crippen molar-refractivity contribution in [3.8, 4) is 0 Å². The van der Waals surface area contributed by atoms with Crippen molar-refractivity contribution in [2.24, 2.45) is 0 Å². The van der Waals surface area contributed by atoms with Crippen molar-refractivity contribution >= 4 is 48.2 Å². The molecule has 90 valence electrons. The van der Waals surface area contributed by atoms with E-state index in [2.05, 4.69) is 15.9 Å². The van der Waals surface area contributed by atoms with Gasteiger partial charge in [-0.2, -0.15) is 0 Å². The Morgan fingerprint density at radius 3 is 2.11 bits per heavy atom. The van der Waals surface area contributed by atoms with E-state index in [1.165, 1.54) is 0 Å². The number of benzene rings is 4. The molecule has 19 heavy (non-hydrogen) atoms. The fourth-order valence-electron chi connectivity index (χ4n) is 2.55. The van der Waals surface area contributed by atoms with Crippen molar-refractivity contribution in [1.29, 1.82) is 0 Å². The summed E-state index contributed by atoms with van der Waals surface area (Å²) in [4.78, 5) is 0. The summed E-state index contributed by atoms with van der Waals surface area (Å²) in [6.45, 7) is 0. The largest absolute Gasteiger partial charge is 0.0636 e. The van der Waals surface area contributed by atoms with Crippen molar-refractivity contribution in [3.63, 3.8) is 0 Å². The number of hydrogen-bond donors (Lipinski definition) is 0. The molecule has 1 heteroatoms. The molecular weight excluding hydrogens is 296 g/mol. The lowest BCUT2D eigenvalue weighted by Gasteiger charge is -2.08. The van der Waals surface area contributed by atoms with Crippen molar-refractivity contribution < 1.29 is 2.74 Å². The number of fused-ring (bicyclic) bond motifs is 4. The molecule has 0 saturated heterocycles. The van der Waals surface area contributed by atoms with Crippen LogP contribution in [0.3, 0.4) is 0 Å². The minimum atomic E-state index is 0.489. The second-order valence-electron chi connectivity index (χ2n) is 4.62. The molecule has 0 aromatic heterocycles. The molecule has 0 saturated carbocycles. The summed E-state index contributed by atoms with van der Waals surface area (Å²) < 4.78 is 18.0.